The molecular formula is C78H52N4Si. The molecule has 0 aliphatic carbocycles. The molecule has 0 saturated carbocycles. The van der Waals surface area contributed by atoms with Crippen LogP contribution in [0, 0.1) is 0 Å². The summed E-state index contributed by atoms with van der Waals surface area (Å²) >= 11 is 0. The van der Waals surface area contributed by atoms with Crippen LogP contribution in [0.1, 0.15) is 0 Å². The lowest BCUT2D eigenvalue weighted by Crippen LogP contribution is -2.74. The number of para-hydroxylation sites is 5. The Balaban J connectivity index is 0.893. The molecule has 0 N–H and O–H groups in total. The Morgan fingerprint density at radius 2 is 0.566 bits per heavy atom. The van der Waals surface area contributed by atoms with Crippen LogP contribution >= 0.6 is 0 Å². The Labute approximate surface area is 480 Å². The van der Waals surface area contributed by atoms with Gasteiger partial charge in [0.1, 0.15) is 0 Å². The maximum atomic E-state index is 2.53. The van der Waals surface area contributed by atoms with Crippen LogP contribution < -0.4 is 20.7 Å². The standard InChI is InChI=1S/C78H52N4Si/c1-5-24-53(25-6-1)54-48-56(80-71-39-20-15-35-65(71)68-52-61(45-47-74(68)80)83(58-26-7-2-8-27-58,59-28-9-3-10-29-59)60-30-11-4-12-31-60)50-57(49-54)81-73-41-22-17-36-66(73)78-76(81)42-23-43-77(78)82-72-40-21-16-34-64(72)67-51-55(44-46-75(67)82)79-69-37-18-13-32-62(69)63-33-14-19-38-70(63)79/h1-52H. The largest absolute Gasteiger partial charge is 0.309 e. The van der Waals surface area contributed by atoms with Crippen molar-refractivity contribution >= 4 is 116 Å². The molecule has 0 unspecified atom stereocenters. The van der Waals surface area contributed by atoms with Gasteiger partial charge in [0.05, 0.1) is 49.8 Å². The van der Waals surface area contributed by atoms with E-state index >= 15 is 0 Å². The Morgan fingerprint density at radius 1 is 0.193 bits per heavy atom. The third-order valence-corrected chi connectivity index (χ3v) is 22.4. The van der Waals surface area contributed by atoms with Crippen LogP contribution in [0.3, 0.4) is 0 Å². The smallest absolute Gasteiger partial charge is 0.179 e. The van der Waals surface area contributed by atoms with E-state index in [0.717, 1.165) is 44.9 Å². The highest BCUT2D eigenvalue weighted by atomic mass is 28.3. The summed E-state index contributed by atoms with van der Waals surface area (Å²) in [6.07, 6.45) is 0. The molecule has 0 amide bonds. The van der Waals surface area contributed by atoms with Crippen molar-refractivity contribution in [2.24, 2.45) is 0 Å². The van der Waals surface area contributed by atoms with Crippen molar-refractivity contribution in [1.29, 1.82) is 0 Å². The lowest BCUT2D eigenvalue weighted by molar-refractivity contribution is 1.13. The van der Waals surface area contributed by atoms with Crippen LogP contribution in [-0.2, 0) is 0 Å². The van der Waals surface area contributed by atoms with Gasteiger partial charge in [0.15, 0.2) is 8.07 Å². The zero-order chi connectivity index (χ0) is 54.6. The van der Waals surface area contributed by atoms with Crippen LogP contribution in [0.2, 0.25) is 0 Å². The predicted octanol–water partition coefficient (Wildman–Crippen LogP) is 17.1. The average Bonchev–Trinajstić information content (AvgIpc) is 2.16. The maximum absolute atomic E-state index is 2.83. The molecule has 4 nitrogen and oxygen atoms in total. The molecule has 388 valence electrons. The SMILES string of the molecule is c1ccc(-c2cc(-n3c4ccccc4c4cc([Si](c5ccccc5)(c5ccccc5)c5ccccc5)ccc43)cc(-n3c4ccccc4c4c(-n5c6ccccc6c6cc(-n7c8ccccc8c8ccccc87)ccc65)cccc43)c2)cc1. The molecule has 0 aliphatic rings. The number of hydrogen-bond donors (Lipinski definition) is 0. The summed E-state index contributed by atoms with van der Waals surface area (Å²) < 4.78 is 9.94. The van der Waals surface area contributed by atoms with E-state index in [2.05, 4.69) is 334 Å². The second-order valence-corrected chi connectivity index (χ2v) is 25.8. The first-order valence-electron chi connectivity index (χ1n) is 28.7. The summed E-state index contributed by atoms with van der Waals surface area (Å²) in [7, 11) is -2.83. The van der Waals surface area contributed by atoms with Gasteiger partial charge >= 0.3 is 0 Å². The lowest BCUT2D eigenvalue weighted by atomic mass is 10.0. The number of fused-ring (bicyclic) bond motifs is 12. The average molecular weight is 1070 g/mol. The topological polar surface area (TPSA) is 19.7 Å². The molecule has 83 heavy (non-hydrogen) atoms. The van der Waals surface area contributed by atoms with Crippen molar-refractivity contribution in [1.82, 2.24) is 18.3 Å². The number of hydrogen-bond acceptors (Lipinski definition) is 0. The second kappa shape index (κ2) is 18.7. The molecule has 0 bridgehead atoms. The van der Waals surface area contributed by atoms with Crippen molar-refractivity contribution in [2.75, 3.05) is 0 Å². The summed E-state index contributed by atoms with van der Waals surface area (Å²) in [5.74, 6) is 0. The number of rotatable bonds is 9. The van der Waals surface area contributed by atoms with Crippen LogP contribution in [-0.4, -0.2) is 26.3 Å². The third kappa shape index (κ3) is 7.05. The molecule has 13 aromatic carbocycles. The summed E-state index contributed by atoms with van der Waals surface area (Å²) in [5, 5.41) is 15.2. The summed E-state index contributed by atoms with van der Waals surface area (Å²) in [6.45, 7) is 0. The Morgan fingerprint density at radius 3 is 1.11 bits per heavy atom. The normalized spacial score (nSPS) is 12.1. The van der Waals surface area contributed by atoms with Gasteiger partial charge in [-0.2, -0.15) is 0 Å². The van der Waals surface area contributed by atoms with Gasteiger partial charge in [-0.1, -0.05) is 231 Å². The summed E-state index contributed by atoms with van der Waals surface area (Å²) in [6, 6.07) is 118. The van der Waals surface area contributed by atoms with Gasteiger partial charge < -0.3 is 18.3 Å². The molecule has 0 atom stereocenters. The molecule has 5 heteroatoms. The maximum Gasteiger partial charge on any atom is 0.179 e. The summed E-state index contributed by atoms with van der Waals surface area (Å²) in [5.41, 5.74) is 16.2. The fraction of sp³-hybridized carbons (Fsp3) is 0. The van der Waals surface area contributed by atoms with Gasteiger partial charge in [0.2, 0.25) is 0 Å². The van der Waals surface area contributed by atoms with E-state index in [1.54, 1.807) is 0 Å². The van der Waals surface area contributed by atoms with E-state index in [4.69, 9.17) is 0 Å². The zero-order valence-corrected chi connectivity index (χ0v) is 46.3. The highest BCUT2D eigenvalue weighted by molar-refractivity contribution is 7.20. The highest BCUT2D eigenvalue weighted by Crippen LogP contribution is 2.43. The second-order valence-electron chi connectivity index (χ2n) is 22.0. The summed E-state index contributed by atoms with van der Waals surface area (Å²) in [4.78, 5) is 0. The van der Waals surface area contributed by atoms with E-state index < -0.39 is 8.07 Å². The molecule has 0 spiro atoms. The van der Waals surface area contributed by atoms with Crippen molar-refractivity contribution in [3.63, 3.8) is 0 Å². The molecular weight excluding hydrogens is 1020 g/mol. The molecule has 0 saturated heterocycles. The fourth-order valence-corrected chi connectivity index (χ4v) is 19.0. The lowest BCUT2D eigenvalue weighted by Gasteiger charge is -2.34. The first-order chi connectivity index (χ1) is 41.2. The van der Waals surface area contributed by atoms with Crippen LogP contribution in [0.5, 0.6) is 0 Å². The highest BCUT2D eigenvalue weighted by Gasteiger charge is 2.41. The Kier molecular flexibility index (Phi) is 10.6. The van der Waals surface area contributed by atoms with Crippen molar-refractivity contribution in [2.45, 2.75) is 0 Å². The van der Waals surface area contributed by atoms with Gasteiger partial charge in [-0.15, -0.1) is 0 Å². The van der Waals surface area contributed by atoms with Crippen LogP contribution in [0.4, 0.5) is 0 Å². The quantitative estimate of drug-likeness (QED) is 0.101. The fourth-order valence-electron chi connectivity index (χ4n) is 14.2. The van der Waals surface area contributed by atoms with Crippen molar-refractivity contribution < 1.29 is 0 Å². The first kappa shape index (κ1) is 47.1. The van der Waals surface area contributed by atoms with Gasteiger partial charge in [0, 0.05) is 60.2 Å². The predicted molar refractivity (Wildman–Crippen MR) is 353 cm³/mol. The Hall–Kier alpha value is -10.7. The van der Waals surface area contributed by atoms with Gasteiger partial charge in [-0.25, -0.2) is 0 Å². The zero-order valence-electron chi connectivity index (χ0n) is 45.3. The van der Waals surface area contributed by atoms with E-state index in [9.17, 15) is 0 Å². The van der Waals surface area contributed by atoms with Gasteiger partial charge in [-0.3, -0.25) is 0 Å². The van der Waals surface area contributed by atoms with E-state index in [0.29, 0.717) is 0 Å². The number of nitrogens with zero attached hydrogens (tertiary/aromatic N) is 4. The van der Waals surface area contributed by atoms with Crippen LogP contribution in [0.25, 0.3) is 121 Å². The molecule has 0 aliphatic heterocycles. The molecule has 4 heterocycles. The van der Waals surface area contributed by atoms with Gasteiger partial charge in [0.25, 0.3) is 0 Å². The van der Waals surface area contributed by atoms with E-state index in [-0.39, 0.29) is 0 Å². The first-order valence-corrected chi connectivity index (χ1v) is 30.7. The minimum atomic E-state index is -2.83. The van der Waals surface area contributed by atoms with E-state index in [1.807, 2.05) is 0 Å². The molecule has 0 radical (unpaired) electrons. The monoisotopic (exact) mass is 1070 g/mol. The van der Waals surface area contributed by atoms with Gasteiger partial charge in [-0.05, 0) is 117 Å². The minimum absolute atomic E-state index is 1.09. The van der Waals surface area contributed by atoms with Crippen LogP contribution in [0.15, 0.2) is 315 Å². The molecule has 4 aromatic heterocycles. The van der Waals surface area contributed by atoms with E-state index in [1.165, 1.54) is 96.9 Å². The third-order valence-electron chi connectivity index (χ3n) is 17.7. The number of aromatic nitrogens is 4. The molecule has 17 aromatic rings. The molecule has 17 rings (SSSR count). The molecule has 0 fully saturated rings. The van der Waals surface area contributed by atoms with Crippen molar-refractivity contribution in [3.8, 4) is 33.9 Å². The number of benzene rings is 13. The minimum Gasteiger partial charge on any atom is -0.309 e. The Bertz CT molecular complexity index is 5230. The van der Waals surface area contributed by atoms with Crippen molar-refractivity contribution in [3.05, 3.63) is 315 Å².